The number of hydrogen-bond acceptors (Lipinski definition) is 4. The molecule has 0 unspecified atom stereocenters. The summed E-state index contributed by atoms with van der Waals surface area (Å²) in [4.78, 5) is 1.17. The van der Waals surface area contributed by atoms with Crippen LogP contribution in [-0.4, -0.2) is 7.11 Å². The second-order valence-corrected chi connectivity index (χ2v) is 5.32. The van der Waals surface area contributed by atoms with Crippen LogP contribution in [-0.2, 0) is 12.3 Å². The van der Waals surface area contributed by atoms with Crippen LogP contribution < -0.4 is 10.5 Å². The highest BCUT2D eigenvalue weighted by atomic mass is 32.2. The minimum absolute atomic E-state index is 0.559. The van der Waals surface area contributed by atoms with Crippen molar-refractivity contribution in [1.29, 1.82) is 5.26 Å². The van der Waals surface area contributed by atoms with Gasteiger partial charge < -0.3 is 10.5 Å². The van der Waals surface area contributed by atoms with E-state index in [1.165, 1.54) is 4.90 Å². The summed E-state index contributed by atoms with van der Waals surface area (Å²) in [6.07, 6.45) is 0. The van der Waals surface area contributed by atoms with E-state index in [-0.39, 0.29) is 0 Å². The summed E-state index contributed by atoms with van der Waals surface area (Å²) in [5, 5.41) is 8.96. The van der Waals surface area contributed by atoms with Gasteiger partial charge in [-0.05, 0) is 35.9 Å². The molecule has 0 radical (unpaired) electrons. The molecule has 0 heterocycles. The van der Waals surface area contributed by atoms with Gasteiger partial charge in [-0.1, -0.05) is 12.1 Å². The van der Waals surface area contributed by atoms with Crippen molar-refractivity contribution in [3.8, 4) is 11.8 Å². The van der Waals surface area contributed by atoms with E-state index in [4.69, 9.17) is 15.7 Å². The maximum atomic E-state index is 8.96. The van der Waals surface area contributed by atoms with E-state index in [2.05, 4.69) is 18.2 Å². The fourth-order valence-corrected chi connectivity index (χ4v) is 2.72. The van der Waals surface area contributed by atoms with Crippen LogP contribution in [0.4, 0.5) is 0 Å². The van der Waals surface area contributed by atoms with Crippen LogP contribution in [0.3, 0.4) is 0 Å². The quantitative estimate of drug-likeness (QED) is 0.856. The summed E-state index contributed by atoms with van der Waals surface area (Å²) in [5.74, 6) is 1.58. The molecule has 4 heteroatoms. The van der Waals surface area contributed by atoms with Gasteiger partial charge >= 0.3 is 0 Å². The molecule has 0 saturated carbocycles. The van der Waals surface area contributed by atoms with Crippen molar-refractivity contribution in [1.82, 2.24) is 0 Å². The lowest BCUT2D eigenvalue weighted by molar-refractivity contribution is 0.411. The Morgan fingerprint density at radius 1 is 1.20 bits per heavy atom. The van der Waals surface area contributed by atoms with Crippen molar-refractivity contribution in [3.63, 3.8) is 0 Å². The first-order valence-corrected chi connectivity index (χ1v) is 7.24. The number of nitrogens with zero attached hydrogens (tertiary/aromatic N) is 1. The second kappa shape index (κ2) is 6.99. The van der Waals surface area contributed by atoms with Gasteiger partial charge in [0.1, 0.15) is 5.75 Å². The van der Waals surface area contributed by atoms with Crippen LogP contribution in [0.1, 0.15) is 16.7 Å². The molecule has 3 nitrogen and oxygen atoms in total. The molecule has 0 amide bonds. The van der Waals surface area contributed by atoms with E-state index < -0.39 is 0 Å². The van der Waals surface area contributed by atoms with Crippen molar-refractivity contribution in [2.24, 2.45) is 5.73 Å². The zero-order valence-corrected chi connectivity index (χ0v) is 12.1. The lowest BCUT2D eigenvalue weighted by Crippen LogP contribution is -1.95. The van der Waals surface area contributed by atoms with Gasteiger partial charge in [-0.3, -0.25) is 0 Å². The number of nitriles is 1. The molecule has 0 aliphatic heterocycles. The van der Waals surface area contributed by atoms with Crippen LogP contribution in [0.25, 0.3) is 0 Å². The van der Waals surface area contributed by atoms with Crippen molar-refractivity contribution >= 4 is 11.8 Å². The molecule has 102 valence electrons. The largest absolute Gasteiger partial charge is 0.496 e. The third-order valence-corrected chi connectivity index (χ3v) is 4.02. The van der Waals surface area contributed by atoms with Crippen LogP contribution in [0.5, 0.6) is 5.75 Å². The van der Waals surface area contributed by atoms with Gasteiger partial charge in [0.25, 0.3) is 0 Å². The Labute approximate surface area is 123 Å². The molecule has 0 spiro atoms. The topological polar surface area (TPSA) is 59.0 Å². The fraction of sp³-hybridized carbons (Fsp3) is 0.188. The highest BCUT2D eigenvalue weighted by Crippen LogP contribution is 2.28. The van der Waals surface area contributed by atoms with Crippen LogP contribution in [0.15, 0.2) is 47.4 Å². The second-order valence-electron chi connectivity index (χ2n) is 4.28. The van der Waals surface area contributed by atoms with Gasteiger partial charge in [-0.15, -0.1) is 11.8 Å². The first-order valence-electron chi connectivity index (χ1n) is 6.25. The average Bonchev–Trinajstić information content (AvgIpc) is 2.53. The Hall–Kier alpha value is -1.96. The lowest BCUT2D eigenvalue weighted by atomic mass is 10.1. The smallest absolute Gasteiger partial charge is 0.122 e. The number of nitrogens with two attached hydrogens (primary N) is 1. The highest BCUT2D eigenvalue weighted by molar-refractivity contribution is 7.98. The van der Waals surface area contributed by atoms with E-state index in [1.54, 1.807) is 24.9 Å². The Bertz CT molecular complexity index is 617. The molecule has 0 aromatic heterocycles. The molecular formula is C16H16N2OS. The molecule has 2 aromatic carbocycles. The van der Waals surface area contributed by atoms with Crippen LogP contribution in [0, 0.1) is 11.3 Å². The average molecular weight is 284 g/mol. The maximum absolute atomic E-state index is 8.96. The molecule has 0 fully saturated rings. The lowest BCUT2D eigenvalue weighted by Gasteiger charge is -2.09. The van der Waals surface area contributed by atoms with Crippen LogP contribution in [0.2, 0.25) is 0 Å². The highest BCUT2D eigenvalue weighted by Gasteiger charge is 2.05. The summed E-state index contributed by atoms with van der Waals surface area (Å²) in [6.45, 7) is 0.559. The maximum Gasteiger partial charge on any atom is 0.122 e. The zero-order chi connectivity index (χ0) is 14.4. The molecule has 0 saturated heterocycles. The number of benzene rings is 2. The summed E-state index contributed by atoms with van der Waals surface area (Å²) >= 11 is 1.71. The number of ether oxygens (including phenoxy) is 1. The van der Waals surface area contributed by atoms with Crippen LogP contribution >= 0.6 is 11.8 Å². The van der Waals surface area contributed by atoms with Gasteiger partial charge in [0.15, 0.2) is 0 Å². The first kappa shape index (κ1) is 14.4. The molecule has 20 heavy (non-hydrogen) atoms. The number of hydrogen-bond donors (Lipinski definition) is 1. The Kier molecular flexibility index (Phi) is 5.05. The first-order chi connectivity index (χ1) is 9.76. The number of thioether (sulfide) groups is 1. The minimum atomic E-state index is 0.559. The SMILES string of the molecule is COc1ccc(C#N)cc1CSc1ccc(CN)cc1. The predicted octanol–water partition coefficient (Wildman–Crippen LogP) is 3.32. The zero-order valence-electron chi connectivity index (χ0n) is 11.3. The molecule has 0 aliphatic carbocycles. The molecular weight excluding hydrogens is 268 g/mol. The van der Waals surface area contributed by atoms with E-state index in [1.807, 2.05) is 24.3 Å². The normalized spacial score (nSPS) is 10.1. The summed E-state index contributed by atoms with van der Waals surface area (Å²) in [6, 6.07) is 15.8. The number of methoxy groups -OCH3 is 1. The Morgan fingerprint density at radius 3 is 2.55 bits per heavy atom. The minimum Gasteiger partial charge on any atom is -0.496 e. The third kappa shape index (κ3) is 3.53. The van der Waals surface area contributed by atoms with E-state index in [0.29, 0.717) is 12.1 Å². The number of rotatable bonds is 5. The van der Waals surface area contributed by atoms with Crippen molar-refractivity contribution in [3.05, 3.63) is 59.2 Å². The van der Waals surface area contributed by atoms with Crippen molar-refractivity contribution < 1.29 is 4.74 Å². The summed E-state index contributed by atoms with van der Waals surface area (Å²) in [5.41, 5.74) is 8.38. The van der Waals surface area contributed by atoms with Crippen molar-refractivity contribution in [2.45, 2.75) is 17.2 Å². The van der Waals surface area contributed by atoms with Gasteiger partial charge in [0, 0.05) is 22.8 Å². The van der Waals surface area contributed by atoms with E-state index >= 15 is 0 Å². The molecule has 0 atom stereocenters. The molecule has 0 aliphatic rings. The predicted molar refractivity (Wildman–Crippen MR) is 81.6 cm³/mol. The third-order valence-electron chi connectivity index (χ3n) is 2.96. The molecule has 2 N–H and O–H groups in total. The van der Waals surface area contributed by atoms with Gasteiger partial charge in [-0.2, -0.15) is 5.26 Å². The van der Waals surface area contributed by atoms with Gasteiger partial charge in [0.2, 0.25) is 0 Å². The summed E-state index contributed by atoms with van der Waals surface area (Å²) in [7, 11) is 1.64. The van der Waals surface area contributed by atoms with Crippen molar-refractivity contribution in [2.75, 3.05) is 7.11 Å². The molecule has 0 bridgehead atoms. The Balaban J connectivity index is 2.11. The van der Waals surface area contributed by atoms with Gasteiger partial charge in [0.05, 0.1) is 18.7 Å². The monoisotopic (exact) mass is 284 g/mol. The fourth-order valence-electron chi connectivity index (χ4n) is 1.84. The summed E-state index contributed by atoms with van der Waals surface area (Å²) < 4.78 is 5.33. The van der Waals surface area contributed by atoms with Gasteiger partial charge in [-0.25, -0.2) is 0 Å². The van der Waals surface area contributed by atoms with E-state index in [0.717, 1.165) is 22.6 Å². The standard InChI is InChI=1S/C16H16N2OS/c1-19-16-7-4-13(10-18)8-14(16)11-20-15-5-2-12(9-17)3-6-15/h2-8H,9,11,17H2,1H3. The molecule has 2 aromatic rings. The van der Waals surface area contributed by atoms with E-state index in [9.17, 15) is 0 Å². The Morgan fingerprint density at radius 2 is 1.95 bits per heavy atom. The molecule has 2 rings (SSSR count).